The third-order valence-corrected chi connectivity index (χ3v) is 3.89. The summed E-state index contributed by atoms with van der Waals surface area (Å²) in [5.41, 5.74) is -4.43. The Bertz CT molecular complexity index is 624. The second-order valence-corrected chi connectivity index (χ2v) is 5.49. The lowest BCUT2D eigenvalue weighted by atomic mass is 10.2. The second kappa shape index (κ2) is 6.00. The molecule has 0 N–H and O–H groups in total. The van der Waals surface area contributed by atoms with E-state index in [4.69, 9.17) is 0 Å². The fourth-order valence-corrected chi connectivity index (χ4v) is 2.67. The first kappa shape index (κ1) is 14.5. The molecule has 0 aliphatic carbocycles. The third-order valence-electron chi connectivity index (χ3n) is 2.38. The lowest BCUT2D eigenvalue weighted by Gasteiger charge is -2.11. The largest absolute Gasteiger partial charge is 0.457 e. The van der Waals surface area contributed by atoms with Gasteiger partial charge in [0.05, 0.1) is 0 Å². The Kier molecular flexibility index (Phi) is 4.34. The van der Waals surface area contributed by atoms with Crippen LogP contribution in [0.25, 0.3) is 0 Å². The summed E-state index contributed by atoms with van der Waals surface area (Å²) >= 11 is 0. The number of carbonyl (C=O) groups excluding carboxylic acids is 1. The number of alkyl halides is 3. The average Bonchev–Trinajstić information content (AvgIpc) is 2.45. The van der Waals surface area contributed by atoms with Gasteiger partial charge in [0, 0.05) is 21.2 Å². The van der Waals surface area contributed by atoms with Gasteiger partial charge >= 0.3 is 5.51 Å². The fourth-order valence-electron chi connectivity index (χ4n) is 1.50. The molecule has 1 unspecified atom stereocenters. The van der Waals surface area contributed by atoms with Crippen molar-refractivity contribution in [1.82, 2.24) is 0 Å². The molecule has 0 fully saturated rings. The summed E-state index contributed by atoms with van der Waals surface area (Å²) in [6, 6.07) is 14.9. The normalized spacial score (nSPS) is 13.2. The zero-order valence-electron chi connectivity index (χ0n) is 10.2. The van der Waals surface area contributed by atoms with Crippen molar-refractivity contribution in [2.45, 2.75) is 10.4 Å². The highest BCUT2D eigenvalue weighted by Gasteiger charge is 2.36. The zero-order chi connectivity index (χ0) is 14.6. The van der Waals surface area contributed by atoms with Crippen LogP contribution in [0, 0.1) is 0 Å². The molecule has 20 heavy (non-hydrogen) atoms. The summed E-state index contributed by atoms with van der Waals surface area (Å²) < 4.78 is 42.5. The molecule has 2 aromatic rings. The summed E-state index contributed by atoms with van der Waals surface area (Å²) in [5.74, 6) is -0.866. The Hall–Kier alpha value is -1.95. The lowest BCUT2D eigenvalue weighted by Crippen LogP contribution is -2.17. The molecule has 0 aliphatic rings. The van der Waals surface area contributed by atoms with Crippen LogP contribution in [0.1, 0.15) is 10.4 Å². The van der Waals surface area contributed by atoms with E-state index in [1.54, 1.807) is 24.3 Å². The molecule has 0 aliphatic heterocycles. The van der Waals surface area contributed by atoms with Crippen molar-refractivity contribution in [2.75, 3.05) is 0 Å². The van der Waals surface area contributed by atoms with E-state index in [1.165, 1.54) is 36.4 Å². The number of carbonyl (C=O) groups is 1. The van der Waals surface area contributed by atoms with Crippen molar-refractivity contribution in [3.8, 4) is 0 Å². The monoisotopic (exact) mass is 297 g/mol. The summed E-state index contributed by atoms with van der Waals surface area (Å²) in [4.78, 5) is 11.8. The van der Waals surface area contributed by atoms with E-state index in [1.807, 2.05) is 0 Å². The minimum atomic E-state index is -4.58. The van der Waals surface area contributed by atoms with Crippen molar-refractivity contribution in [2.24, 2.45) is 4.36 Å². The quantitative estimate of drug-likeness (QED) is 0.816. The Morgan fingerprint density at radius 3 is 1.90 bits per heavy atom. The van der Waals surface area contributed by atoms with E-state index in [0.29, 0.717) is 0 Å². The van der Waals surface area contributed by atoms with Gasteiger partial charge in [-0.25, -0.2) is 0 Å². The molecule has 0 saturated carbocycles. The van der Waals surface area contributed by atoms with Crippen molar-refractivity contribution in [1.29, 1.82) is 0 Å². The molecule has 0 heterocycles. The molecule has 2 nitrogen and oxygen atoms in total. The SMILES string of the molecule is O=C(N=S(c1ccccc1)C(F)(F)F)c1ccccc1. The molecule has 0 radical (unpaired) electrons. The van der Waals surface area contributed by atoms with Gasteiger partial charge in [0.25, 0.3) is 5.91 Å². The molecular formula is C14H10F3NOS. The maximum Gasteiger partial charge on any atom is 0.457 e. The highest BCUT2D eigenvalue weighted by atomic mass is 32.2. The maximum atomic E-state index is 13.0. The van der Waals surface area contributed by atoms with Gasteiger partial charge in [-0.05, 0) is 24.3 Å². The molecular weight excluding hydrogens is 287 g/mol. The molecule has 6 heteroatoms. The summed E-state index contributed by atoms with van der Waals surface area (Å²) in [6.07, 6.45) is 0. The molecule has 0 bridgehead atoms. The van der Waals surface area contributed by atoms with Crippen LogP contribution >= 0.6 is 0 Å². The number of rotatable bonds is 2. The molecule has 1 amide bonds. The van der Waals surface area contributed by atoms with Gasteiger partial charge in [0.15, 0.2) is 0 Å². The fraction of sp³-hybridized carbons (Fsp3) is 0.0714. The van der Waals surface area contributed by atoms with Crippen LogP contribution < -0.4 is 0 Å². The van der Waals surface area contributed by atoms with Crippen LogP contribution in [-0.4, -0.2) is 11.4 Å². The predicted molar refractivity (Wildman–Crippen MR) is 71.3 cm³/mol. The first-order valence-corrected chi connectivity index (χ1v) is 6.84. The molecule has 2 rings (SSSR count). The Labute approximate surface area is 116 Å². The van der Waals surface area contributed by atoms with E-state index in [9.17, 15) is 18.0 Å². The first-order chi connectivity index (χ1) is 9.48. The van der Waals surface area contributed by atoms with Crippen molar-refractivity contribution in [3.63, 3.8) is 0 Å². The molecule has 0 spiro atoms. The Morgan fingerprint density at radius 2 is 1.40 bits per heavy atom. The summed E-state index contributed by atoms with van der Waals surface area (Å²) in [7, 11) is -2.46. The van der Waals surface area contributed by atoms with Crippen LogP contribution in [0.4, 0.5) is 13.2 Å². The van der Waals surface area contributed by atoms with E-state index >= 15 is 0 Å². The second-order valence-electron chi connectivity index (χ2n) is 3.81. The third kappa shape index (κ3) is 3.54. The molecule has 2 aromatic carbocycles. The van der Waals surface area contributed by atoms with Crippen LogP contribution in [0.15, 0.2) is 69.9 Å². The summed E-state index contributed by atoms with van der Waals surface area (Å²) in [5, 5.41) is 0. The Balaban J connectivity index is 2.43. The number of amides is 1. The van der Waals surface area contributed by atoms with E-state index in [0.717, 1.165) is 0 Å². The van der Waals surface area contributed by atoms with Crippen LogP contribution in [0.5, 0.6) is 0 Å². The highest BCUT2D eigenvalue weighted by Crippen LogP contribution is 2.28. The van der Waals surface area contributed by atoms with Gasteiger partial charge in [0.1, 0.15) is 0 Å². The van der Waals surface area contributed by atoms with Gasteiger partial charge in [-0.1, -0.05) is 36.4 Å². The van der Waals surface area contributed by atoms with E-state index < -0.39 is 22.1 Å². The molecule has 104 valence electrons. The van der Waals surface area contributed by atoms with E-state index in [-0.39, 0.29) is 10.5 Å². The maximum absolute atomic E-state index is 13.0. The smallest absolute Gasteiger partial charge is 0.266 e. The number of hydrogen-bond donors (Lipinski definition) is 0. The van der Waals surface area contributed by atoms with E-state index in [2.05, 4.69) is 4.36 Å². The lowest BCUT2D eigenvalue weighted by molar-refractivity contribution is -0.0357. The average molecular weight is 297 g/mol. The molecule has 0 aromatic heterocycles. The van der Waals surface area contributed by atoms with Gasteiger partial charge in [-0.15, -0.1) is 0 Å². The van der Waals surface area contributed by atoms with Gasteiger partial charge in [-0.2, -0.15) is 17.5 Å². The van der Waals surface area contributed by atoms with Crippen LogP contribution in [0.2, 0.25) is 0 Å². The number of nitrogens with zero attached hydrogens (tertiary/aromatic N) is 1. The molecule has 0 saturated heterocycles. The van der Waals surface area contributed by atoms with Crippen molar-refractivity contribution >= 4 is 16.6 Å². The minimum Gasteiger partial charge on any atom is -0.266 e. The summed E-state index contributed by atoms with van der Waals surface area (Å²) in [6.45, 7) is 0. The van der Waals surface area contributed by atoms with Crippen molar-refractivity contribution < 1.29 is 18.0 Å². The Morgan fingerprint density at radius 1 is 0.900 bits per heavy atom. The van der Waals surface area contributed by atoms with Crippen molar-refractivity contribution in [3.05, 3.63) is 66.2 Å². The van der Waals surface area contributed by atoms with Gasteiger partial charge in [0.2, 0.25) is 0 Å². The number of benzene rings is 2. The standard InChI is InChI=1S/C14H10F3NOS/c15-14(16,17)20(12-9-5-2-6-10-12)18-13(19)11-7-3-1-4-8-11/h1-10H. The zero-order valence-corrected chi connectivity index (χ0v) is 11.0. The molecule has 1 atom stereocenters. The first-order valence-electron chi connectivity index (χ1n) is 5.66. The van der Waals surface area contributed by atoms with Crippen LogP contribution in [-0.2, 0) is 10.7 Å². The van der Waals surface area contributed by atoms with Crippen LogP contribution in [0.3, 0.4) is 0 Å². The number of halogens is 3. The van der Waals surface area contributed by atoms with Gasteiger partial charge < -0.3 is 0 Å². The predicted octanol–water partition coefficient (Wildman–Crippen LogP) is 4.21. The topological polar surface area (TPSA) is 29.4 Å². The minimum absolute atomic E-state index is 0.0238. The number of hydrogen-bond acceptors (Lipinski definition) is 1. The van der Waals surface area contributed by atoms with Gasteiger partial charge in [-0.3, -0.25) is 4.79 Å². The highest BCUT2D eigenvalue weighted by molar-refractivity contribution is 7.88.